The minimum Gasteiger partial charge on any atom is -0.378 e. The number of aromatic nitrogens is 2. The Morgan fingerprint density at radius 3 is 2.65 bits per heavy atom. The van der Waals surface area contributed by atoms with E-state index in [1.165, 1.54) is 0 Å². The fourth-order valence-electron chi connectivity index (χ4n) is 1.54. The molecule has 0 aliphatic rings. The molecule has 4 nitrogen and oxygen atoms in total. The predicted octanol–water partition coefficient (Wildman–Crippen LogP) is 3.73. The fourth-order valence-corrected chi connectivity index (χ4v) is 2.88. The van der Waals surface area contributed by atoms with Gasteiger partial charge < -0.3 is 9.72 Å². The van der Waals surface area contributed by atoms with Crippen LogP contribution >= 0.6 is 43.6 Å². The van der Waals surface area contributed by atoms with E-state index in [2.05, 4.69) is 41.8 Å². The lowest BCUT2D eigenvalue weighted by molar-refractivity contribution is 0.180. The predicted molar refractivity (Wildman–Crippen MR) is 87.0 cm³/mol. The standard InChI is InChI=1S/C13H12Br2N2O2S/c1-19-6-10-12(15)13(18)17-11(16-10)7-20-9-4-2-8(14)3-5-9/h2-5H,6-7H2,1H3,(H,16,17,18). The van der Waals surface area contributed by atoms with Crippen molar-refractivity contribution in [2.24, 2.45) is 0 Å². The molecule has 0 spiro atoms. The highest BCUT2D eigenvalue weighted by molar-refractivity contribution is 9.10. The molecule has 1 heterocycles. The Morgan fingerprint density at radius 1 is 1.30 bits per heavy atom. The van der Waals surface area contributed by atoms with E-state index < -0.39 is 0 Å². The molecule has 0 radical (unpaired) electrons. The SMILES string of the molecule is COCc1nc(CSc2ccc(Br)cc2)[nH]c(=O)c1Br. The van der Waals surface area contributed by atoms with Crippen molar-refractivity contribution in [1.29, 1.82) is 0 Å². The zero-order chi connectivity index (χ0) is 14.5. The summed E-state index contributed by atoms with van der Waals surface area (Å²) in [7, 11) is 1.57. The second kappa shape index (κ2) is 7.40. The molecule has 0 aliphatic heterocycles. The summed E-state index contributed by atoms with van der Waals surface area (Å²) in [5.74, 6) is 1.24. The Balaban J connectivity index is 2.13. The second-order valence-corrected chi connectivity index (χ2v) is 6.71. The van der Waals surface area contributed by atoms with Crippen LogP contribution in [0, 0.1) is 0 Å². The molecule has 7 heteroatoms. The van der Waals surface area contributed by atoms with Crippen molar-refractivity contribution in [3.8, 4) is 0 Å². The maximum absolute atomic E-state index is 11.8. The normalized spacial score (nSPS) is 10.8. The lowest BCUT2D eigenvalue weighted by atomic mass is 10.4. The van der Waals surface area contributed by atoms with Gasteiger partial charge in [0.15, 0.2) is 0 Å². The molecular weight excluding hydrogens is 408 g/mol. The van der Waals surface area contributed by atoms with Crippen molar-refractivity contribution in [3.63, 3.8) is 0 Å². The summed E-state index contributed by atoms with van der Waals surface area (Å²) >= 11 is 8.23. The third kappa shape index (κ3) is 4.18. The Kier molecular flexibility index (Phi) is 5.83. The molecule has 20 heavy (non-hydrogen) atoms. The van der Waals surface area contributed by atoms with Gasteiger partial charge in [-0.15, -0.1) is 11.8 Å². The Morgan fingerprint density at radius 2 is 2.00 bits per heavy atom. The van der Waals surface area contributed by atoms with Gasteiger partial charge in [0.25, 0.3) is 5.56 Å². The maximum atomic E-state index is 11.8. The van der Waals surface area contributed by atoms with Gasteiger partial charge in [0.05, 0.1) is 18.1 Å². The Labute approximate surface area is 137 Å². The average molecular weight is 420 g/mol. The number of thioether (sulfide) groups is 1. The number of rotatable bonds is 5. The van der Waals surface area contributed by atoms with E-state index in [0.717, 1.165) is 9.37 Å². The molecule has 1 N–H and O–H groups in total. The van der Waals surface area contributed by atoms with Crippen LogP contribution in [0.25, 0.3) is 0 Å². The van der Waals surface area contributed by atoms with Crippen LogP contribution < -0.4 is 5.56 Å². The number of hydrogen-bond donors (Lipinski definition) is 1. The van der Waals surface area contributed by atoms with E-state index in [1.807, 2.05) is 24.3 Å². The highest BCUT2D eigenvalue weighted by atomic mass is 79.9. The second-order valence-electron chi connectivity index (χ2n) is 3.95. The number of halogens is 2. The van der Waals surface area contributed by atoms with Gasteiger partial charge in [0.2, 0.25) is 0 Å². The highest BCUT2D eigenvalue weighted by Crippen LogP contribution is 2.23. The van der Waals surface area contributed by atoms with E-state index in [-0.39, 0.29) is 5.56 Å². The van der Waals surface area contributed by atoms with Crippen LogP contribution in [0.2, 0.25) is 0 Å². The molecule has 1 aromatic carbocycles. The molecule has 0 aliphatic carbocycles. The third-order valence-corrected chi connectivity index (χ3v) is 4.82. The summed E-state index contributed by atoms with van der Waals surface area (Å²) in [5, 5.41) is 0. The molecule has 0 saturated carbocycles. The van der Waals surface area contributed by atoms with Crippen molar-refractivity contribution in [1.82, 2.24) is 9.97 Å². The zero-order valence-corrected chi connectivity index (χ0v) is 14.6. The molecule has 1 aromatic heterocycles. The molecule has 0 unspecified atom stereocenters. The highest BCUT2D eigenvalue weighted by Gasteiger charge is 2.09. The molecule has 0 saturated heterocycles. The first-order valence-electron chi connectivity index (χ1n) is 5.75. The van der Waals surface area contributed by atoms with E-state index in [1.54, 1.807) is 18.9 Å². The molecule has 2 aromatic rings. The summed E-state index contributed by atoms with van der Waals surface area (Å²) < 4.78 is 6.51. The Bertz CT molecular complexity index is 644. The van der Waals surface area contributed by atoms with Gasteiger partial charge in [-0.2, -0.15) is 0 Å². The summed E-state index contributed by atoms with van der Waals surface area (Å²) in [5.41, 5.74) is 0.432. The van der Waals surface area contributed by atoms with Crippen molar-refractivity contribution in [2.45, 2.75) is 17.3 Å². The van der Waals surface area contributed by atoms with Crippen LogP contribution in [0.1, 0.15) is 11.5 Å². The lowest BCUT2D eigenvalue weighted by Gasteiger charge is -2.06. The van der Waals surface area contributed by atoms with Gasteiger partial charge in [-0.05, 0) is 40.2 Å². The van der Waals surface area contributed by atoms with Crippen LogP contribution in [0.4, 0.5) is 0 Å². The largest absolute Gasteiger partial charge is 0.378 e. The van der Waals surface area contributed by atoms with Crippen molar-refractivity contribution < 1.29 is 4.74 Å². The lowest BCUT2D eigenvalue weighted by Crippen LogP contribution is -2.15. The fraction of sp³-hybridized carbons (Fsp3) is 0.231. The van der Waals surface area contributed by atoms with Crippen molar-refractivity contribution in [2.75, 3.05) is 7.11 Å². The van der Waals surface area contributed by atoms with E-state index in [0.29, 0.717) is 28.4 Å². The van der Waals surface area contributed by atoms with Gasteiger partial charge in [-0.25, -0.2) is 4.98 Å². The quantitative estimate of drug-likeness (QED) is 0.750. The first-order valence-corrected chi connectivity index (χ1v) is 8.32. The molecule has 0 bridgehead atoms. The van der Waals surface area contributed by atoms with Gasteiger partial charge in [-0.3, -0.25) is 4.79 Å². The number of nitrogens with one attached hydrogen (secondary N) is 1. The number of aromatic amines is 1. The van der Waals surface area contributed by atoms with Gasteiger partial charge in [-0.1, -0.05) is 15.9 Å². The van der Waals surface area contributed by atoms with E-state index in [9.17, 15) is 4.79 Å². The van der Waals surface area contributed by atoms with Crippen molar-refractivity contribution >= 4 is 43.6 Å². The van der Waals surface area contributed by atoms with Gasteiger partial charge >= 0.3 is 0 Å². The molecule has 0 fully saturated rings. The molecular formula is C13H12Br2N2O2S. The van der Waals surface area contributed by atoms with Gasteiger partial charge in [0.1, 0.15) is 10.3 Å². The van der Waals surface area contributed by atoms with Crippen LogP contribution in [0.15, 0.2) is 42.9 Å². The maximum Gasteiger partial charge on any atom is 0.265 e. The summed E-state index contributed by atoms with van der Waals surface area (Å²) in [4.78, 5) is 20.1. The van der Waals surface area contributed by atoms with Crippen molar-refractivity contribution in [3.05, 3.63) is 55.1 Å². The molecule has 0 atom stereocenters. The smallest absolute Gasteiger partial charge is 0.265 e. The minimum absolute atomic E-state index is 0.182. The summed E-state index contributed by atoms with van der Waals surface area (Å²) in [6.07, 6.45) is 0. The van der Waals surface area contributed by atoms with E-state index >= 15 is 0 Å². The number of ether oxygens (including phenoxy) is 1. The first kappa shape index (κ1) is 15.8. The molecule has 2 rings (SSSR count). The average Bonchev–Trinajstić information content (AvgIpc) is 2.44. The minimum atomic E-state index is -0.182. The summed E-state index contributed by atoms with van der Waals surface area (Å²) in [6, 6.07) is 8.00. The van der Waals surface area contributed by atoms with Crippen LogP contribution in [0.3, 0.4) is 0 Å². The number of benzene rings is 1. The molecule has 0 amide bonds. The Hall–Kier alpha value is -0.630. The first-order chi connectivity index (χ1) is 9.60. The third-order valence-electron chi connectivity index (χ3n) is 2.45. The van der Waals surface area contributed by atoms with E-state index in [4.69, 9.17) is 4.74 Å². The monoisotopic (exact) mass is 418 g/mol. The molecule has 106 valence electrons. The van der Waals surface area contributed by atoms with Crippen LogP contribution in [0.5, 0.6) is 0 Å². The number of methoxy groups -OCH3 is 1. The summed E-state index contributed by atoms with van der Waals surface area (Å²) in [6.45, 7) is 0.306. The van der Waals surface area contributed by atoms with Crippen LogP contribution in [-0.4, -0.2) is 17.1 Å². The number of hydrogen-bond acceptors (Lipinski definition) is 4. The van der Waals surface area contributed by atoms with Crippen LogP contribution in [-0.2, 0) is 17.1 Å². The number of H-pyrrole nitrogens is 1. The number of nitrogens with zero attached hydrogens (tertiary/aromatic N) is 1. The topological polar surface area (TPSA) is 55.0 Å². The zero-order valence-electron chi connectivity index (χ0n) is 10.7. The van der Waals surface area contributed by atoms with Gasteiger partial charge in [0, 0.05) is 16.5 Å².